The van der Waals surface area contributed by atoms with Crippen LogP contribution in [-0.4, -0.2) is 19.5 Å². The molecule has 0 radical (unpaired) electrons. The molecule has 1 fully saturated rings. The molecule has 1 aliphatic carbocycles. The topological polar surface area (TPSA) is 44.5 Å². The van der Waals surface area contributed by atoms with Crippen molar-refractivity contribution in [3.63, 3.8) is 0 Å². The van der Waals surface area contributed by atoms with Gasteiger partial charge in [0.1, 0.15) is 11.5 Å². The van der Waals surface area contributed by atoms with E-state index >= 15 is 0 Å². The third kappa shape index (κ3) is 3.67. The van der Waals surface area contributed by atoms with E-state index in [1.165, 1.54) is 24.2 Å². The Morgan fingerprint density at radius 2 is 1.57 bits per heavy atom. The second-order valence-corrected chi connectivity index (χ2v) is 7.74. The number of rotatable bonds is 5. The largest absolute Gasteiger partial charge is 0.496 e. The van der Waals surface area contributed by atoms with E-state index in [1.54, 1.807) is 14.2 Å². The molecule has 2 rings (SSSR count). The summed E-state index contributed by atoms with van der Waals surface area (Å²) >= 11 is 1.81. The van der Waals surface area contributed by atoms with Crippen molar-refractivity contribution < 1.29 is 9.47 Å². The summed E-state index contributed by atoms with van der Waals surface area (Å²) < 4.78 is 11.3. The van der Waals surface area contributed by atoms with Crippen molar-refractivity contribution in [3.05, 3.63) is 17.7 Å². The lowest BCUT2D eigenvalue weighted by molar-refractivity contribution is 0.275. The zero-order chi connectivity index (χ0) is 15.5. The molecule has 1 saturated carbocycles. The Morgan fingerprint density at radius 1 is 1.05 bits per heavy atom. The van der Waals surface area contributed by atoms with Gasteiger partial charge < -0.3 is 15.2 Å². The van der Waals surface area contributed by atoms with Gasteiger partial charge in [-0.05, 0) is 25.0 Å². The summed E-state index contributed by atoms with van der Waals surface area (Å²) in [6.07, 6.45) is 5.61. The molecule has 1 aromatic rings. The van der Waals surface area contributed by atoms with E-state index in [-0.39, 0.29) is 5.54 Å². The van der Waals surface area contributed by atoms with Crippen LogP contribution in [0.15, 0.2) is 17.0 Å². The van der Waals surface area contributed by atoms with Crippen LogP contribution in [0.25, 0.3) is 0 Å². The molecule has 0 unspecified atom stereocenters. The van der Waals surface area contributed by atoms with Crippen molar-refractivity contribution >= 4 is 11.8 Å². The van der Waals surface area contributed by atoms with Crippen LogP contribution in [0.3, 0.4) is 0 Å². The first-order valence-electron chi connectivity index (χ1n) is 7.72. The lowest BCUT2D eigenvalue weighted by atomic mass is 9.76. The van der Waals surface area contributed by atoms with Crippen LogP contribution in [0, 0.1) is 0 Å². The molecule has 0 amide bonds. The number of ether oxygens (including phenoxy) is 2. The van der Waals surface area contributed by atoms with E-state index in [9.17, 15) is 0 Å². The van der Waals surface area contributed by atoms with E-state index in [0.717, 1.165) is 29.9 Å². The third-order valence-electron chi connectivity index (χ3n) is 4.09. The third-order valence-corrected chi connectivity index (χ3v) is 5.07. The quantitative estimate of drug-likeness (QED) is 0.823. The zero-order valence-corrected chi connectivity index (χ0v) is 14.4. The highest BCUT2D eigenvalue weighted by atomic mass is 32.2. The second-order valence-electron chi connectivity index (χ2n) is 6.09. The van der Waals surface area contributed by atoms with Crippen LogP contribution in [0.4, 0.5) is 0 Å². The average molecular weight is 309 g/mol. The van der Waals surface area contributed by atoms with Crippen LogP contribution in [-0.2, 0) is 5.54 Å². The first-order chi connectivity index (χ1) is 10.00. The molecule has 2 N–H and O–H groups in total. The van der Waals surface area contributed by atoms with Crippen molar-refractivity contribution in [2.24, 2.45) is 5.73 Å². The summed E-state index contributed by atoms with van der Waals surface area (Å²) in [4.78, 5) is 1.17. The van der Waals surface area contributed by atoms with Gasteiger partial charge in [0.2, 0.25) is 0 Å². The number of benzene rings is 1. The molecule has 0 heterocycles. The lowest BCUT2D eigenvalue weighted by Gasteiger charge is -2.36. The minimum atomic E-state index is -0.323. The molecule has 4 heteroatoms. The Morgan fingerprint density at radius 3 is 2.00 bits per heavy atom. The monoisotopic (exact) mass is 309 g/mol. The Balaban J connectivity index is 2.48. The Labute approximate surface area is 132 Å². The Hall–Kier alpha value is -0.870. The normalized spacial score (nSPS) is 17.8. The van der Waals surface area contributed by atoms with Gasteiger partial charge >= 0.3 is 0 Å². The first-order valence-corrected chi connectivity index (χ1v) is 8.60. The van der Waals surface area contributed by atoms with Crippen molar-refractivity contribution in [1.82, 2.24) is 0 Å². The van der Waals surface area contributed by atoms with Crippen LogP contribution >= 0.6 is 11.8 Å². The van der Waals surface area contributed by atoms with Gasteiger partial charge in [-0.25, -0.2) is 0 Å². The van der Waals surface area contributed by atoms with Crippen molar-refractivity contribution in [3.8, 4) is 11.5 Å². The maximum absolute atomic E-state index is 6.72. The van der Waals surface area contributed by atoms with Crippen LogP contribution in [0.2, 0.25) is 0 Å². The zero-order valence-electron chi connectivity index (χ0n) is 13.6. The predicted molar refractivity (Wildman–Crippen MR) is 89.5 cm³/mol. The second kappa shape index (κ2) is 6.93. The standard InChI is InChI=1S/C17H27NO2S/c1-12(2)21-13-10-14(19-3)16(15(11-13)20-4)17(18)8-6-5-7-9-17/h10-12H,5-9,18H2,1-4H3. The van der Waals surface area contributed by atoms with E-state index in [1.807, 2.05) is 11.8 Å². The van der Waals surface area contributed by atoms with Gasteiger partial charge in [-0.1, -0.05) is 33.1 Å². The molecule has 0 aromatic heterocycles. The van der Waals surface area contributed by atoms with Gasteiger partial charge in [0.05, 0.1) is 19.8 Å². The summed E-state index contributed by atoms with van der Waals surface area (Å²) in [5.74, 6) is 1.73. The van der Waals surface area contributed by atoms with E-state index < -0.39 is 0 Å². The lowest BCUT2D eigenvalue weighted by Crippen LogP contribution is -2.39. The molecular formula is C17H27NO2S. The van der Waals surface area contributed by atoms with Crippen molar-refractivity contribution in [2.75, 3.05) is 14.2 Å². The Bertz CT molecular complexity index is 457. The molecule has 118 valence electrons. The maximum atomic E-state index is 6.72. The predicted octanol–water partition coefficient (Wildman–Crippen LogP) is 4.32. The highest BCUT2D eigenvalue weighted by Crippen LogP contribution is 2.46. The van der Waals surface area contributed by atoms with E-state index in [4.69, 9.17) is 15.2 Å². The summed E-state index contributed by atoms with van der Waals surface area (Å²) in [6, 6.07) is 4.21. The van der Waals surface area contributed by atoms with Gasteiger partial charge in [-0.3, -0.25) is 0 Å². The molecular weight excluding hydrogens is 282 g/mol. The summed E-state index contributed by atoms with van der Waals surface area (Å²) in [7, 11) is 3.43. The molecule has 1 aliphatic rings. The van der Waals surface area contributed by atoms with E-state index in [2.05, 4.69) is 26.0 Å². The summed E-state index contributed by atoms with van der Waals surface area (Å²) in [5, 5.41) is 0.520. The molecule has 3 nitrogen and oxygen atoms in total. The minimum absolute atomic E-state index is 0.323. The fraction of sp³-hybridized carbons (Fsp3) is 0.647. The molecule has 0 saturated heterocycles. The van der Waals surface area contributed by atoms with Gasteiger partial charge in [0.25, 0.3) is 0 Å². The summed E-state index contributed by atoms with van der Waals surface area (Å²) in [6.45, 7) is 4.37. The number of nitrogens with two attached hydrogens (primary N) is 1. The number of thioether (sulfide) groups is 1. The molecule has 0 atom stereocenters. The molecule has 0 spiro atoms. The number of hydrogen-bond donors (Lipinski definition) is 1. The maximum Gasteiger partial charge on any atom is 0.128 e. The number of methoxy groups -OCH3 is 2. The molecule has 0 aliphatic heterocycles. The molecule has 1 aromatic carbocycles. The minimum Gasteiger partial charge on any atom is -0.496 e. The Kier molecular flexibility index (Phi) is 5.44. The molecule has 21 heavy (non-hydrogen) atoms. The van der Waals surface area contributed by atoms with Crippen molar-refractivity contribution in [2.45, 2.75) is 61.6 Å². The average Bonchev–Trinajstić information content (AvgIpc) is 2.46. The van der Waals surface area contributed by atoms with Gasteiger partial charge in [0, 0.05) is 15.7 Å². The fourth-order valence-electron chi connectivity index (χ4n) is 3.15. The van der Waals surface area contributed by atoms with Gasteiger partial charge in [-0.2, -0.15) is 0 Å². The fourth-order valence-corrected chi connectivity index (χ4v) is 4.05. The van der Waals surface area contributed by atoms with Crippen LogP contribution in [0.5, 0.6) is 11.5 Å². The highest BCUT2D eigenvalue weighted by Gasteiger charge is 2.35. The number of hydrogen-bond acceptors (Lipinski definition) is 4. The SMILES string of the molecule is COc1cc(SC(C)C)cc(OC)c1C1(N)CCCCC1. The van der Waals surface area contributed by atoms with Gasteiger partial charge in [0.15, 0.2) is 0 Å². The highest BCUT2D eigenvalue weighted by molar-refractivity contribution is 7.99. The smallest absolute Gasteiger partial charge is 0.128 e. The van der Waals surface area contributed by atoms with Crippen molar-refractivity contribution in [1.29, 1.82) is 0 Å². The van der Waals surface area contributed by atoms with Gasteiger partial charge in [-0.15, -0.1) is 11.8 Å². The molecule has 0 bridgehead atoms. The summed E-state index contributed by atoms with van der Waals surface area (Å²) in [5.41, 5.74) is 7.44. The van der Waals surface area contributed by atoms with Crippen LogP contribution < -0.4 is 15.2 Å². The van der Waals surface area contributed by atoms with E-state index in [0.29, 0.717) is 5.25 Å². The first kappa shape index (κ1) is 16.5. The van der Waals surface area contributed by atoms with Crippen LogP contribution in [0.1, 0.15) is 51.5 Å².